The lowest BCUT2D eigenvalue weighted by atomic mass is 10.0. The minimum Gasteiger partial charge on any atom is -0.475 e. The second-order valence-corrected chi connectivity index (χ2v) is 5.20. The molecule has 0 fully saturated rings. The highest BCUT2D eigenvalue weighted by Gasteiger charge is 2.38. The average molecular weight is 384 g/mol. The first-order valence-corrected chi connectivity index (χ1v) is 7.14. The van der Waals surface area contributed by atoms with Gasteiger partial charge in [0.1, 0.15) is 5.52 Å². The summed E-state index contributed by atoms with van der Waals surface area (Å²) < 4.78 is 46.1. The lowest BCUT2D eigenvalue weighted by Crippen LogP contribution is -2.21. The number of carboxylic acids is 1. The van der Waals surface area contributed by atoms with Crippen molar-refractivity contribution in [3.05, 3.63) is 47.8 Å². The molecule has 0 aliphatic rings. The lowest BCUT2D eigenvalue weighted by Gasteiger charge is -2.05. The highest BCUT2D eigenvalue weighted by molar-refractivity contribution is 5.94. The van der Waals surface area contributed by atoms with Gasteiger partial charge in [-0.2, -0.15) is 18.3 Å². The predicted molar refractivity (Wildman–Crippen MR) is 88.1 cm³/mol. The fourth-order valence-corrected chi connectivity index (χ4v) is 2.11. The summed E-state index contributed by atoms with van der Waals surface area (Å²) >= 11 is 0. The smallest absolute Gasteiger partial charge is 0.475 e. The number of nitrogens with zero attached hydrogens (tertiary/aromatic N) is 1. The number of hydrogen-bond donors (Lipinski definition) is 4. The van der Waals surface area contributed by atoms with E-state index in [9.17, 15) is 22.4 Å². The Hall–Kier alpha value is -3.63. The zero-order valence-electron chi connectivity index (χ0n) is 13.3. The monoisotopic (exact) mass is 384 g/mol. The number of aromatic nitrogens is 2. The van der Waals surface area contributed by atoms with Crippen LogP contribution in [-0.4, -0.2) is 33.4 Å². The fourth-order valence-electron chi connectivity index (χ4n) is 2.11. The maximum atomic E-state index is 14.4. The highest BCUT2D eigenvalue weighted by Crippen LogP contribution is 2.30. The number of halogens is 4. The Morgan fingerprint density at radius 3 is 2.11 bits per heavy atom. The number of nitrogens with two attached hydrogens (primary N) is 2. The largest absolute Gasteiger partial charge is 0.490 e. The Morgan fingerprint density at radius 2 is 1.63 bits per heavy atom. The van der Waals surface area contributed by atoms with Crippen molar-refractivity contribution in [3.8, 4) is 11.1 Å². The third-order valence-electron chi connectivity index (χ3n) is 3.43. The van der Waals surface area contributed by atoms with Crippen molar-refractivity contribution in [1.82, 2.24) is 10.2 Å². The third-order valence-corrected chi connectivity index (χ3v) is 3.43. The molecule has 0 spiro atoms. The average Bonchev–Trinajstić information content (AvgIpc) is 2.97. The van der Waals surface area contributed by atoms with E-state index in [1.165, 1.54) is 0 Å². The van der Waals surface area contributed by atoms with Crippen LogP contribution in [0.2, 0.25) is 0 Å². The molecular weight excluding hydrogens is 372 g/mol. The number of amides is 1. The second-order valence-electron chi connectivity index (χ2n) is 5.20. The number of alkyl halides is 3. The number of aliphatic carboxylic acids is 1. The van der Waals surface area contributed by atoms with Crippen LogP contribution in [0.4, 0.5) is 23.4 Å². The zero-order chi connectivity index (χ0) is 20.4. The number of carboxylic acid groups (broad SMARTS) is 1. The summed E-state index contributed by atoms with van der Waals surface area (Å²) in [6.07, 6.45) is -5.08. The van der Waals surface area contributed by atoms with Gasteiger partial charge in [-0.15, -0.1) is 0 Å². The molecule has 0 aliphatic carbocycles. The van der Waals surface area contributed by atoms with E-state index >= 15 is 0 Å². The van der Waals surface area contributed by atoms with Crippen molar-refractivity contribution in [2.75, 3.05) is 5.73 Å². The van der Waals surface area contributed by atoms with E-state index in [0.717, 1.165) is 0 Å². The van der Waals surface area contributed by atoms with E-state index in [0.29, 0.717) is 22.1 Å². The molecule has 0 saturated heterocycles. The number of benzene rings is 2. The predicted octanol–water partition coefficient (Wildman–Crippen LogP) is 2.68. The molecule has 27 heavy (non-hydrogen) atoms. The third kappa shape index (κ3) is 4.32. The van der Waals surface area contributed by atoms with Gasteiger partial charge in [0.05, 0.1) is 0 Å². The summed E-state index contributed by atoms with van der Waals surface area (Å²) in [6.45, 7) is 0. The summed E-state index contributed by atoms with van der Waals surface area (Å²) in [7, 11) is 0. The van der Waals surface area contributed by atoms with Crippen LogP contribution in [0, 0.1) is 5.82 Å². The van der Waals surface area contributed by atoms with E-state index in [1.807, 2.05) is 0 Å². The Balaban J connectivity index is 0.000000321. The van der Waals surface area contributed by atoms with Gasteiger partial charge in [0.15, 0.2) is 11.6 Å². The molecule has 0 atom stereocenters. The van der Waals surface area contributed by atoms with Crippen LogP contribution in [0.25, 0.3) is 22.0 Å². The maximum Gasteiger partial charge on any atom is 0.490 e. The molecule has 0 unspecified atom stereocenters. The van der Waals surface area contributed by atoms with E-state index in [-0.39, 0.29) is 11.3 Å². The molecule has 0 bridgehead atoms. The quantitative estimate of drug-likeness (QED) is 0.504. The highest BCUT2D eigenvalue weighted by atomic mass is 19.4. The number of aromatic amines is 1. The molecule has 6 N–H and O–H groups in total. The topological polar surface area (TPSA) is 135 Å². The number of rotatable bonds is 2. The van der Waals surface area contributed by atoms with Crippen LogP contribution in [-0.2, 0) is 4.79 Å². The SMILES string of the molecule is NC(=O)c1ccc(-c2ccc3c(N)n[nH]c3c2F)cc1.O=C(O)C(F)(F)F. The summed E-state index contributed by atoms with van der Waals surface area (Å²) in [4.78, 5) is 19.9. The van der Waals surface area contributed by atoms with Crippen molar-refractivity contribution < 1.29 is 32.3 Å². The first-order valence-electron chi connectivity index (χ1n) is 7.14. The molecular formula is C16H12F4N4O3. The van der Waals surface area contributed by atoms with Crippen molar-refractivity contribution in [3.63, 3.8) is 0 Å². The van der Waals surface area contributed by atoms with Crippen LogP contribution < -0.4 is 11.5 Å². The summed E-state index contributed by atoms with van der Waals surface area (Å²) in [5.74, 6) is -3.45. The molecule has 0 radical (unpaired) electrons. The van der Waals surface area contributed by atoms with Gasteiger partial charge in [0, 0.05) is 16.5 Å². The van der Waals surface area contributed by atoms with Gasteiger partial charge in [-0.05, 0) is 23.8 Å². The van der Waals surface area contributed by atoms with Gasteiger partial charge in [-0.1, -0.05) is 18.2 Å². The van der Waals surface area contributed by atoms with Crippen LogP contribution in [0.15, 0.2) is 36.4 Å². The fraction of sp³-hybridized carbons (Fsp3) is 0.0625. The zero-order valence-corrected chi connectivity index (χ0v) is 13.3. The Labute approximate surface area is 148 Å². The number of carbonyl (C=O) groups excluding carboxylic acids is 1. The molecule has 0 saturated carbocycles. The number of primary amides is 1. The number of nitrogens with one attached hydrogen (secondary N) is 1. The van der Waals surface area contributed by atoms with Crippen LogP contribution in [0.1, 0.15) is 10.4 Å². The van der Waals surface area contributed by atoms with Crippen molar-refractivity contribution >= 4 is 28.6 Å². The van der Waals surface area contributed by atoms with Gasteiger partial charge in [-0.3, -0.25) is 9.89 Å². The van der Waals surface area contributed by atoms with Gasteiger partial charge < -0.3 is 16.6 Å². The Kier molecular flexibility index (Phi) is 5.34. The van der Waals surface area contributed by atoms with Gasteiger partial charge in [0.2, 0.25) is 5.91 Å². The van der Waals surface area contributed by atoms with Crippen LogP contribution in [0.3, 0.4) is 0 Å². The molecule has 3 rings (SSSR count). The number of hydrogen-bond acceptors (Lipinski definition) is 4. The molecule has 0 aliphatic heterocycles. The Bertz CT molecular complexity index is 997. The summed E-state index contributed by atoms with van der Waals surface area (Å²) in [5.41, 5.74) is 12.5. The van der Waals surface area contributed by atoms with Crippen molar-refractivity contribution in [1.29, 1.82) is 0 Å². The molecule has 7 nitrogen and oxygen atoms in total. The number of fused-ring (bicyclic) bond motifs is 1. The van der Waals surface area contributed by atoms with Crippen molar-refractivity contribution in [2.24, 2.45) is 5.73 Å². The molecule has 142 valence electrons. The minimum absolute atomic E-state index is 0.259. The van der Waals surface area contributed by atoms with E-state index in [1.54, 1.807) is 36.4 Å². The molecule has 11 heteroatoms. The van der Waals surface area contributed by atoms with Crippen molar-refractivity contribution in [2.45, 2.75) is 6.18 Å². The number of carbonyl (C=O) groups is 2. The molecule has 3 aromatic rings. The second kappa shape index (κ2) is 7.32. The van der Waals surface area contributed by atoms with E-state index < -0.39 is 23.9 Å². The standard InChI is InChI=1S/C14H11FN4O.C2HF3O2/c15-11-9(5-6-10-12(11)18-19-13(10)16)7-1-3-8(4-2-7)14(17)20;3-2(4,5)1(6)7/h1-6H,(H2,17,20)(H3,16,18,19);(H,6,7). The summed E-state index contributed by atoms with van der Waals surface area (Å²) in [6, 6.07) is 9.73. The number of anilines is 1. The van der Waals surface area contributed by atoms with Gasteiger partial charge in [-0.25, -0.2) is 9.18 Å². The molecule has 2 aromatic carbocycles. The first kappa shape index (κ1) is 19.7. The van der Waals surface area contributed by atoms with E-state index in [2.05, 4.69) is 10.2 Å². The Morgan fingerprint density at radius 1 is 1.07 bits per heavy atom. The summed E-state index contributed by atoms with van der Waals surface area (Å²) in [5, 5.41) is 14.0. The number of H-pyrrole nitrogens is 1. The molecule has 1 aromatic heterocycles. The lowest BCUT2D eigenvalue weighted by molar-refractivity contribution is -0.192. The maximum absolute atomic E-state index is 14.4. The number of nitrogen functional groups attached to an aromatic ring is 1. The minimum atomic E-state index is -5.08. The molecule has 1 heterocycles. The van der Waals surface area contributed by atoms with Gasteiger partial charge in [0.25, 0.3) is 0 Å². The van der Waals surface area contributed by atoms with Crippen LogP contribution in [0.5, 0.6) is 0 Å². The first-order chi connectivity index (χ1) is 12.5. The molecule has 1 amide bonds. The van der Waals surface area contributed by atoms with Crippen LogP contribution >= 0.6 is 0 Å². The normalized spacial score (nSPS) is 11.0. The van der Waals surface area contributed by atoms with E-state index in [4.69, 9.17) is 21.4 Å². The van der Waals surface area contributed by atoms with Gasteiger partial charge >= 0.3 is 12.1 Å².